The molecule has 2 saturated heterocycles. The number of rotatable bonds is 7. The van der Waals surface area contributed by atoms with Gasteiger partial charge in [-0.3, -0.25) is 9.59 Å². The molecule has 0 aliphatic carbocycles. The van der Waals surface area contributed by atoms with Crippen molar-refractivity contribution >= 4 is 46.3 Å². The van der Waals surface area contributed by atoms with Gasteiger partial charge in [0.1, 0.15) is 23.6 Å². The number of hydrogen-bond donors (Lipinski definition) is 4. The Bertz CT molecular complexity index is 1300. The molecule has 0 bridgehead atoms. The third-order valence-corrected chi connectivity index (χ3v) is 6.79. The maximum Gasteiger partial charge on any atom is 0.252 e. The van der Waals surface area contributed by atoms with E-state index in [1.54, 1.807) is 41.6 Å². The summed E-state index contributed by atoms with van der Waals surface area (Å²) in [7, 11) is 0. The van der Waals surface area contributed by atoms with Gasteiger partial charge in [0, 0.05) is 31.8 Å². The summed E-state index contributed by atoms with van der Waals surface area (Å²) in [5.74, 6) is 1.01. The van der Waals surface area contributed by atoms with Crippen molar-refractivity contribution in [2.45, 2.75) is 37.9 Å². The third kappa shape index (κ3) is 5.58. The predicted octanol–water partition coefficient (Wildman–Crippen LogP) is 2.84. The second kappa shape index (κ2) is 10.9. The Kier molecular flexibility index (Phi) is 7.20. The van der Waals surface area contributed by atoms with Gasteiger partial charge in [0.05, 0.1) is 47.6 Å². The lowest BCUT2D eigenvalue weighted by molar-refractivity contribution is -0.119. The molecule has 38 heavy (non-hydrogen) atoms. The van der Waals surface area contributed by atoms with Gasteiger partial charge in [0.15, 0.2) is 0 Å². The fourth-order valence-electron chi connectivity index (χ4n) is 4.73. The van der Waals surface area contributed by atoms with E-state index in [9.17, 15) is 9.59 Å². The normalized spacial score (nSPS) is 19.8. The van der Waals surface area contributed by atoms with E-state index < -0.39 is 18.1 Å². The number of primary amides is 1. The van der Waals surface area contributed by atoms with Gasteiger partial charge >= 0.3 is 0 Å². The molecule has 0 radical (unpaired) electrons. The number of nitrogens with two attached hydrogens (primary N) is 2. The Hall–Kier alpha value is -4.48. The second-order valence-electron chi connectivity index (χ2n) is 9.46. The highest BCUT2D eigenvalue weighted by atomic mass is 19.1. The van der Waals surface area contributed by atoms with Crippen molar-refractivity contribution in [2.24, 2.45) is 5.73 Å². The van der Waals surface area contributed by atoms with Crippen molar-refractivity contribution in [3.05, 3.63) is 54.5 Å². The summed E-state index contributed by atoms with van der Waals surface area (Å²) in [4.78, 5) is 40.8. The molecule has 5 rings (SSSR count). The summed E-state index contributed by atoms with van der Waals surface area (Å²) in [6.45, 7) is 1.41. The molecule has 2 amide bonds. The molecule has 5 heterocycles. The van der Waals surface area contributed by atoms with Crippen LogP contribution in [0.4, 0.5) is 38.9 Å². The number of anilines is 6. The maximum atomic E-state index is 15.2. The Labute approximate surface area is 219 Å². The summed E-state index contributed by atoms with van der Waals surface area (Å²) < 4.78 is 15.2. The molecule has 0 unspecified atom stereocenters. The number of nitrogens with zero attached hydrogens (tertiary/aromatic N) is 5. The number of hydrogen-bond acceptors (Lipinski definition) is 9. The molecule has 12 heteroatoms. The minimum atomic E-state index is -1.22. The number of nitrogen functional groups attached to an aromatic ring is 1. The molecule has 198 valence electrons. The fraction of sp³-hybridized carbons (Fsp3) is 0.346. The van der Waals surface area contributed by atoms with Crippen molar-refractivity contribution in [3.8, 4) is 0 Å². The number of amides is 2. The van der Waals surface area contributed by atoms with Crippen molar-refractivity contribution in [1.29, 1.82) is 0 Å². The van der Waals surface area contributed by atoms with Crippen molar-refractivity contribution in [2.75, 3.05) is 45.8 Å². The van der Waals surface area contributed by atoms with E-state index >= 15 is 4.39 Å². The zero-order valence-electron chi connectivity index (χ0n) is 20.8. The Balaban J connectivity index is 1.27. The maximum absolute atomic E-state index is 15.2. The van der Waals surface area contributed by atoms with Crippen LogP contribution in [0.1, 0.15) is 36.0 Å². The highest BCUT2D eigenvalue weighted by Gasteiger charge is 2.31. The van der Waals surface area contributed by atoms with Crippen LogP contribution in [-0.2, 0) is 4.79 Å². The van der Waals surface area contributed by atoms with Gasteiger partial charge in [0.25, 0.3) is 5.91 Å². The van der Waals surface area contributed by atoms with E-state index in [1.165, 1.54) is 6.20 Å². The van der Waals surface area contributed by atoms with Crippen LogP contribution in [0.3, 0.4) is 0 Å². The number of aromatic nitrogens is 3. The Morgan fingerprint density at radius 2 is 1.87 bits per heavy atom. The largest absolute Gasteiger partial charge is 0.397 e. The molecule has 2 aliphatic heterocycles. The summed E-state index contributed by atoms with van der Waals surface area (Å²) in [5.41, 5.74) is 13.1. The first-order valence-corrected chi connectivity index (χ1v) is 12.6. The molecule has 2 fully saturated rings. The van der Waals surface area contributed by atoms with Gasteiger partial charge in [-0.15, -0.1) is 0 Å². The molecule has 3 aromatic heterocycles. The van der Waals surface area contributed by atoms with E-state index in [2.05, 4.69) is 25.6 Å². The highest BCUT2D eigenvalue weighted by Crippen LogP contribution is 2.27. The summed E-state index contributed by atoms with van der Waals surface area (Å²) in [6, 6.07) is 8.17. The Morgan fingerprint density at radius 3 is 2.55 bits per heavy atom. The quantitative estimate of drug-likeness (QED) is 0.369. The van der Waals surface area contributed by atoms with Gasteiger partial charge in [-0.1, -0.05) is 0 Å². The molecule has 11 nitrogen and oxygen atoms in total. The van der Waals surface area contributed by atoms with Crippen molar-refractivity contribution < 1.29 is 14.0 Å². The zero-order chi connectivity index (χ0) is 26.6. The first kappa shape index (κ1) is 25.2. The van der Waals surface area contributed by atoms with E-state index in [4.69, 9.17) is 11.5 Å². The number of pyridine rings is 3. The number of piperidine rings is 2. The predicted molar refractivity (Wildman–Crippen MR) is 144 cm³/mol. The highest BCUT2D eigenvalue weighted by molar-refractivity contribution is 5.98. The van der Waals surface area contributed by atoms with Crippen molar-refractivity contribution in [1.82, 2.24) is 15.0 Å². The summed E-state index contributed by atoms with van der Waals surface area (Å²) in [5, 5.41) is 6.25. The lowest BCUT2D eigenvalue weighted by Crippen LogP contribution is -2.48. The van der Waals surface area contributed by atoms with Gasteiger partial charge in [0.2, 0.25) is 5.91 Å². The minimum Gasteiger partial charge on any atom is -0.397 e. The molecule has 2 aliphatic rings. The standard InChI is InChI=1S/C26H30FN9O2/c27-19-15-35(24-7-4-16(28)12-32-24)10-8-20(19)33-21-11-23(31-14-18(21)26(29)38)34-22-6-5-17(13-30-22)36-9-2-1-3-25(36)37/h4-7,11-14,19-20H,1-3,8-10,15,28H2,(H2,29,38)(H2,30,31,33,34)/t19-,20+/m1/s1. The van der Waals surface area contributed by atoms with Crippen LogP contribution in [0, 0.1) is 0 Å². The van der Waals surface area contributed by atoms with E-state index in [0.29, 0.717) is 54.8 Å². The molecular weight excluding hydrogens is 489 g/mol. The van der Waals surface area contributed by atoms with Crippen LogP contribution < -0.4 is 31.9 Å². The molecule has 3 aromatic rings. The second-order valence-corrected chi connectivity index (χ2v) is 9.46. The van der Waals surface area contributed by atoms with Crippen LogP contribution in [0.2, 0.25) is 0 Å². The topological polar surface area (TPSA) is 155 Å². The van der Waals surface area contributed by atoms with Crippen LogP contribution in [0.25, 0.3) is 0 Å². The van der Waals surface area contributed by atoms with Crippen molar-refractivity contribution in [3.63, 3.8) is 0 Å². The molecule has 6 N–H and O–H groups in total. The minimum absolute atomic E-state index is 0.0971. The van der Waals surface area contributed by atoms with Gasteiger partial charge in [-0.2, -0.15) is 0 Å². The van der Waals surface area contributed by atoms with Crippen LogP contribution in [0.15, 0.2) is 48.9 Å². The average Bonchev–Trinajstić information content (AvgIpc) is 2.91. The molecule has 0 saturated carbocycles. The van der Waals surface area contributed by atoms with Crippen LogP contribution in [0.5, 0.6) is 0 Å². The Morgan fingerprint density at radius 1 is 1.03 bits per heavy atom. The van der Waals surface area contributed by atoms with E-state index in [1.807, 2.05) is 11.0 Å². The summed E-state index contributed by atoms with van der Waals surface area (Å²) >= 11 is 0. The van der Waals surface area contributed by atoms with E-state index in [-0.39, 0.29) is 18.0 Å². The lowest BCUT2D eigenvalue weighted by Gasteiger charge is -2.36. The van der Waals surface area contributed by atoms with Crippen LogP contribution in [-0.4, -0.2) is 58.6 Å². The molecule has 2 atom stereocenters. The number of carbonyl (C=O) groups is 2. The van der Waals surface area contributed by atoms with Gasteiger partial charge < -0.3 is 31.9 Å². The van der Waals surface area contributed by atoms with E-state index in [0.717, 1.165) is 18.5 Å². The van der Waals surface area contributed by atoms with Gasteiger partial charge in [-0.05, 0) is 43.5 Å². The summed E-state index contributed by atoms with van der Waals surface area (Å²) in [6.07, 6.45) is 6.22. The third-order valence-electron chi connectivity index (χ3n) is 6.79. The first-order valence-electron chi connectivity index (χ1n) is 12.6. The molecule has 0 spiro atoms. The first-order chi connectivity index (χ1) is 18.4. The monoisotopic (exact) mass is 519 g/mol. The van der Waals surface area contributed by atoms with Crippen LogP contribution >= 0.6 is 0 Å². The number of carbonyl (C=O) groups excluding carboxylic acids is 2. The molecule has 0 aromatic carbocycles. The van der Waals surface area contributed by atoms with Gasteiger partial charge in [-0.25, -0.2) is 19.3 Å². The number of nitrogens with one attached hydrogen (secondary N) is 2. The number of halogens is 1. The SMILES string of the molecule is NC(=O)c1cnc(Nc2ccc(N3CCCCC3=O)cn2)cc1N[C@H]1CCN(c2ccc(N)cn2)C[C@H]1F. The molecular formula is C26H30FN9O2. The number of alkyl halides is 1. The smallest absolute Gasteiger partial charge is 0.252 e. The fourth-order valence-corrected chi connectivity index (χ4v) is 4.73. The lowest BCUT2D eigenvalue weighted by atomic mass is 10.0. The average molecular weight is 520 g/mol. The zero-order valence-corrected chi connectivity index (χ0v) is 20.8.